The molecule has 5 heteroatoms. The summed E-state index contributed by atoms with van der Waals surface area (Å²) in [5, 5.41) is 0. The Kier molecular flexibility index (Phi) is 11.3. The Morgan fingerprint density at radius 3 is 2.17 bits per heavy atom. The zero-order valence-corrected chi connectivity index (χ0v) is 18.5. The predicted molar refractivity (Wildman–Crippen MR) is 119 cm³/mol. The van der Waals surface area contributed by atoms with Crippen LogP contribution >= 0.6 is 0 Å². The molecule has 1 heterocycles. The quantitative estimate of drug-likeness (QED) is 0.281. The number of ether oxygens (including phenoxy) is 1. The van der Waals surface area contributed by atoms with Crippen LogP contribution < -0.4 is 4.74 Å². The van der Waals surface area contributed by atoms with Crippen LogP contribution in [0.25, 0.3) is 11.4 Å². The third kappa shape index (κ3) is 9.19. The maximum Gasteiger partial charge on any atom is 0.165 e. The zero-order valence-electron chi connectivity index (χ0n) is 18.5. The van der Waals surface area contributed by atoms with E-state index in [1.807, 2.05) is 12.4 Å². The maximum atomic E-state index is 14.2. The summed E-state index contributed by atoms with van der Waals surface area (Å²) in [4.78, 5) is 8.79. The van der Waals surface area contributed by atoms with Crippen LogP contribution in [-0.2, 0) is 6.42 Å². The highest BCUT2D eigenvalue weighted by Crippen LogP contribution is 2.24. The average molecular weight is 419 g/mol. The Bertz CT molecular complexity index is 720. The van der Waals surface area contributed by atoms with Crippen LogP contribution in [0.2, 0.25) is 0 Å². The highest BCUT2D eigenvalue weighted by molar-refractivity contribution is 5.56. The van der Waals surface area contributed by atoms with E-state index in [9.17, 15) is 8.78 Å². The summed E-state index contributed by atoms with van der Waals surface area (Å²) >= 11 is 0. The topological polar surface area (TPSA) is 35.0 Å². The van der Waals surface area contributed by atoms with E-state index in [0.29, 0.717) is 11.4 Å². The molecule has 0 fully saturated rings. The van der Waals surface area contributed by atoms with Crippen molar-refractivity contribution in [1.29, 1.82) is 0 Å². The van der Waals surface area contributed by atoms with Crippen molar-refractivity contribution in [2.45, 2.75) is 90.6 Å². The molecule has 0 amide bonds. The number of hydrogen-bond acceptors (Lipinski definition) is 3. The lowest BCUT2D eigenvalue weighted by Gasteiger charge is -2.09. The Morgan fingerprint density at radius 2 is 1.57 bits per heavy atom. The van der Waals surface area contributed by atoms with Crippen LogP contribution in [-0.4, -0.2) is 22.7 Å². The van der Waals surface area contributed by atoms with Crippen LogP contribution in [0.1, 0.15) is 83.6 Å². The molecule has 0 spiro atoms. The van der Waals surface area contributed by atoms with Gasteiger partial charge in [0.05, 0.1) is 6.61 Å². The smallest absolute Gasteiger partial charge is 0.165 e. The minimum atomic E-state index is -0.963. The summed E-state index contributed by atoms with van der Waals surface area (Å²) in [6.07, 6.45) is 15.7. The maximum absolute atomic E-state index is 14.2. The van der Waals surface area contributed by atoms with Crippen molar-refractivity contribution in [2.24, 2.45) is 0 Å². The van der Waals surface area contributed by atoms with Crippen molar-refractivity contribution in [3.8, 4) is 17.1 Å². The molecule has 0 aliphatic carbocycles. The molecule has 0 N–H and O–H groups in total. The molecule has 30 heavy (non-hydrogen) atoms. The molecule has 0 radical (unpaired) electrons. The minimum absolute atomic E-state index is 0.126. The summed E-state index contributed by atoms with van der Waals surface area (Å²) in [6.45, 7) is 3.86. The number of halogens is 2. The summed E-state index contributed by atoms with van der Waals surface area (Å²) in [7, 11) is 0. The second-order valence-corrected chi connectivity index (χ2v) is 8.06. The van der Waals surface area contributed by atoms with E-state index in [1.165, 1.54) is 64.4 Å². The number of alkyl halides is 1. The first kappa shape index (κ1) is 24.2. The largest absolute Gasteiger partial charge is 0.490 e. The number of hydrogen-bond donors (Lipinski definition) is 0. The molecule has 1 atom stereocenters. The van der Waals surface area contributed by atoms with E-state index >= 15 is 0 Å². The number of benzene rings is 1. The van der Waals surface area contributed by atoms with Gasteiger partial charge in [0, 0.05) is 24.4 Å². The molecule has 0 saturated carbocycles. The lowest BCUT2D eigenvalue weighted by atomic mass is 10.1. The first-order valence-electron chi connectivity index (χ1n) is 11.5. The van der Waals surface area contributed by atoms with Crippen LogP contribution in [0.15, 0.2) is 30.6 Å². The summed E-state index contributed by atoms with van der Waals surface area (Å²) in [6, 6.07) is 4.64. The van der Waals surface area contributed by atoms with Gasteiger partial charge in [0.25, 0.3) is 0 Å². The third-order valence-electron chi connectivity index (χ3n) is 5.24. The van der Waals surface area contributed by atoms with Gasteiger partial charge in [-0.25, -0.2) is 18.7 Å². The second kappa shape index (κ2) is 14.1. The molecule has 2 aromatic rings. The molecule has 1 aromatic carbocycles. The molecule has 1 unspecified atom stereocenters. The monoisotopic (exact) mass is 418 g/mol. The van der Waals surface area contributed by atoms with Gasteiger partial charge in [-0.1, -0.05) is 58.3 Å². The summed E-state index contributed by atoms with van der Waals surface area (Å²) in [5.74, 6) is 0.136. The SMILES string of the molecule is CCCCCCCCCCCc1cnc(-c2ccc(OCCC(C)F)c(F)c2)nc1. The Labute approximate surface area is 180 Å². The molecule has 0 saturated heterocycles. The lowest BCUT2D eigenvalue weighted by molar-refractivity contribution is 0.240. The molecule has 0 aliphatic heterocycles. The van der Waals surface area contributed by atoms with Crippen LogP contribution in [0.5, 0.6) is 5.75 Å². The van der Waals surface area contributed by atoms with Crippen molar-refractivity contribution in [2.75, 3.05) is 6.61 Å². The van der Waals surface area contributed by atoms with E-state index in [-0.39, 0.29) is 18.8 Å². The molecular weight excluding hydrogens is 382 g/mol. The number of aryl methyl sites for hydroxylation is 1. The van der Waals surface area contributed by atoms with Gasteiger partial charge in [-0.2, -0.15) is 0 Å². The molecular formula is C25H36F2N2O. The highest BCUT2D eigenvalue weighted by Gasteiger charge is 2.09. The van der Waals surface area contributed by atoms with Gasteiger partial charge in [0.15, 0.2) is 17.4 Å². The Morgan fingerprint density at radius 1 is 0.933 bits per heavy atom. The van der Waals surface area contributed by atoms with Gasteiger partial charge in [-0.3, -0.25) is 0 Å². The number of rotatable bonds is 15. The summed E-state index contributed by atoms with van der Waals surface area (Å²) < 4.78 is 32.3. The summed E-state index contributed by atoms with van der Waals surface area (Å²) in [5.41, 5.74) is 1.72. The van der Waals surface area contributed by atoms with Gasteiger partial charge >= 0.3 is 0 Å². The first-order chi connectivity index (χ1) is 14.6. The standard InChI is InChI=1S/C25H36F2N2O/c1-3-4-5-6-7-8-9-10-11-12-21-18-28-25(29-19-21)22-13-14-24(23(27)17-22)30-16-15-20(2)26/h13-14,17-20H,3-12,15-16H2,1-2H3. The average Bonchev–Trinajstić information content (AvgIpc) is 2.74. The highest BCUT2D eigenvalue weighted by atomic mass is 19.1. The van der Waals surface area contributed by atoms with Crippen molar-refractivity contribution in [3.05, 3.63) is 42.0 Å². The van der Waals surface area contributed by atoms with Crippen molar-refractivity contribution in [1.82, 2.24) is 9.97 Å². The van der Waals surface area contributed by atoms with Crippen molar-refractivity contribution >= 4 is 0 Å². The predicted octanol–water partition coefficient (Wildman–Crippen LogP) is 7.48. The Hall–Kier alpha value is -2.04. The van der Waals surface area contributed by atoms with E-state index in [1.54, 1.807) is 12.1 Å². The molecule has 2 rings (SSSR count). The molecule has 0 aliphatic rings. The molecule has 3 nitrogen and oxygen atoms in total. The van der Waals surface area contributed by atoms with E-state index in [4.69, 9.17) is 4.74 Å². The van der Waals surface area contributed by atoms with Crippen LogP contribution in [0.3, 0.4) is 0 Å². The molecule has 166 valence electrons. The number of aromatic nitrogens is 2. The van der Waals surface area contributed by atoms with Gasteiger partial charge in [-0.15, -0.1) is 0 Å². The fourth-order valence-corrected chi connectivity index (χ4v) is 3.36. The van der Waals surface area contributed by atoms with Gasteiger partial charge in [0.1, 0.15) is 6.17 Å². The fraction of sp³-hybridized carbons (Fsp3) is 0.600. The first-order valence-corrected chi connectivity index (χ1v) is 11.5. The van der Waals surface area contributed by atoms with Crippen LogP contribution in [0.4, 0.5) is 8.78 Å². The van der Waals surface area contributed by atoms with Crippen LogP contribution in [0, 0.1) is 5.82 Å². The zero-order chi connectivity index (χ0) is 21.6. The number of nitrogens with zero attached hydrogens (tertiary/aromatic N) is 2. The lowest BCUT2D eigenvalue weighted by Crippen LogP contribution is -2.05. The minimum Gasteiger partial charge on any atom is -0.490 e. The van der Waals surface area contributed by atoms with Gasteiger partial charge in [0.2, 0.25) is 0 Å². The van der Waals surface area contributed by atoms with E-state index in [0.717, 1.165) is 18.4 Å². The third-order valence-corrected chi connectivity index (χ3v) is 5.24. The second-order valence-electron chi connectivity index (χ2n) is 8.06. The number of unbranched alkanes of at least 4 members (excludes halogenated alkanes) is 8. The van der Waals surface area contributed by atoms with Gasteiger partial charge in [-0.05, 0) is 43.5 Å². The van der Waals surface area contributed by atoms with Crippen molar-refractivity contribution in [3.63, 3.8) is 0 Å². The fourth-order valence-electron chi connectivity index (χ4n) is 3.36. The van der Waals surface area contributed by atoms with E-state index in [2.05, 4.69) is 16.9 Å². The molecule has 1 aromatic heterocycles. The normalized spacial score (nSPS) is 12.1. The molecule has 0 bridgehead atoms. The van der Waals surface area contributed by atoms with Crippen molar-refractivity contribution < 1.29 is 13.5 Å². The van der Waals surface area contributed by atoms with E-state index < -0.39 is 12.0 Å². The van der Waals surface area contributed by atoms with Gasteiger partial charge < -0.3 is 4.74 Å². The Balaban J connectivity index is 1.72.